The van der Waals surface area contributed by atoms with Crippen LogP contribution < -0.4 is 4.90 Å². The predicted octanol–water partition coefficient (Wildman–Crippen LogP) is 15.4. The molecule has 0 N–H and O–H groups in total. The zero-order chi connectivity index (χ0) is 38.9. The molecule has 10 aromatic carbocycles. The van der Waals surface area contributed by atoms with Gasteiger partial charge in [0.25, 0.3) is 0 Å². The summed E-state index contributed by atoms with van der Waals surface area (Å²) < 4.78 is 6.97. The Morgan fingerprint density at radius 2 is 0.864 bits per heavy atom. The van der Waals surface area contributed by atoms with Gasteiger partial charge in [-0.3, -0.25) is 0 Å². The predicted molar refractivity (Wildman–Crippen MR) is 246 cm³/mol. The van der Waals surface area contributed by atoms with Gasteiger partial charge in [0.15, 0.2) is 0 Å². The van der Waals surface area contributed by atoms with Gasteiger partial charge >= 0.3 is 0 Å². The number of anilines is 3. The molecule has 12 rings (SSSR count). The number of para-hydroxylation sites is 2. The van der Waals surface area contributed by atoms with Gasteiger partial charge < -0.3 is 9.32 Å². The van der Waals surface area contributed by atoms with Crippen molar-refractivity contribution >= 4 is 60.5 Å². The summed E-state index contributed by atoms with van der Waals surface area (Å²) in [7, 11) is 0. The van der Waals surface area contributed by atoms with Crippen molar-refractivity contribution in [2.45, 2.75) is 5.41 Å². The zero-order valence-corrected chi connectivity index (χ0v) is 32.2. The maximum atomic E-state index is 6.97. The Bertz CT molecular complexity index is 3350. The van der Waals surface area contributed by atoms with Crippen molar-refractivity contribution < 1.29 is 4.42 Å². The van der Waals surface area contributed by atoms with E-state index in [4.69, 9.17) is 4.42 Å². The Kier molecular flexibility index (Phi) is 7.48. The maximum absolute atomic E-state index is 6.97. The highest BCUT2D eigenvalue weighted by molar-refractivity contribution is 6.18. The second-order valence-electron chi connectivity index (χ2n) is 15.6. The number of fused-ring (bicyclic) bond motifs is 9. The zero-order valence-electron chi connectivity index (χ0n) is 32.2. The van der Waals surface area contributed by atoms with Crippen LogP contribution in [0.5, 0.6) is 0 Å². The van der Waals surface area contributed by atoms with Crippen LogP contribution in [0, 0.1) is 0 Å². The Labute approximate surface area is 342 Å². The molecule has 2 nitrogen and oxygen atoms in total. The summed E-state index contributed by atoms with van der Waals surface area (Å²) in [6.07, 6.45) is 0. The minimum absolute atomic E-state index is 0.531. The smallest absolute Gasteiger partial charge is 0.143 e. The standard InChI is InChI=1S/C57H37NO/c1-3-20-40(21-4-1)57(41-22-5-2-6-23-41)51-30-13-11-26-45(51)46-36-34-42(37-52(46)57)58(53-32-15-19-38-17-7-9-24-43(38)53)54-31-14-12-27-47(54)48-28-16-29-49-50-35-33-39-18-8-10-25-44(39)55(50)59-56(48)49/h1-37H. The summed E-state index contributed by atoms with van der Waals surface area (Å²) in [4.78, 5) is 2.47. The Morgan fingerprint density at radius 3 is 1.66 bits per heavy atom. The monoisotopic (exact) mass is 751 g/mol. The molecule has 0 amide bonds. The molecular formula is C57H37NO. The summed E-state index contributed by atoms with van der Waals surface area (Å²) in [5.74, 6) is 0. The largest absolute Gasteiger partial charge is 0.455 e. The van der Waals surface area contributed by atoms with Crippen LogP contribution in [0.2, 0.25) is 0 Å². The molecule has 0 radical (unpaired) electrons. The second-order valence-corrected chi connectivity index (χ2v) is 15.6. The summed E-state index contributed by atoms with van der Waals surface area (Å²) in [5, 5.41) is 6.90. The lowest BCUT2D eigenvalue weighted by Gasteiger charge is -2.35. The lowest BCUT2D eigenvalue weighted by Crippen LogP contribution is -2.28. The first-order valence-corrected chi connectivity index (χ1v) is 20.3. The maximum Gasteiger partial charge on any atom is 0.143 e. The molecule has 0 bridgehead atoms. The number of hydrogen-bond donors (Lipinski definition) is 0. The van der Waals surface area contributed by atoms with E-state index < -0.39 is 5.41 Å². The molecule has 0 unspecified atom stereocenters. The van der Waals surface area contributed by atoms with Gasteiger partial charge in [-0.25, -0.2) is 0 Å². The third-order valence-corrected chi connectivity index (χ3v) is 12.5. The van der Waals surface area contributed by atoms with E-state index in [-0.39, 0.29) is 0 Å². The first kappa shape index (κ1) is 33.5. The third kappa shape index (κ3) is 4.93. The third-order valence-electron chi connectivity index (χ3n) is 12.5. The molecule has 59 heavy (non-hydrogen) atoms. The fourth-order valence-electron chi connectivity index (χ4n) is 10.0. The van der Waals surface area contributed by atoms with E-state index in [9.17, 15) is 0 Å². The average Bonchev–Trinajstić information content (AvgIpc) is 3.84. The van der Waals surface area contributed by atoms with Crippen molar-refractivity contribution in [1.29, 1.82) is 0 Å². The first-order valence-electron chi connectivity index (χ1n) is 20.3. The highest BCUT2D eigenvalue weighted by Gasteiger charge is 2.46. The summed E-state index contributed by atoms with van der Waals surface area (Å²) in [6.45, 7) is 0. The van der Waals surface area contributed by atoms with Crippen molar-refractivity contribution in [2.24, 2.45) is 0 Å². The van der Waals surface area contributed by atoms with Crippen LogP contribution in [0.1, 0.15) is 22.3 Å². The minimum atomic E-state index is -0.531. The highest BCUT2D eigenvalue weighted by Crippen LogP contribution is 2.58. The minimum Gasteiger partial charge on any atom is -0.455 e. The molecule has 1 heterocycles. The molecule has 1 aliphatic carbocycles. The van der Waals surface area contributed by atoms with Crippen LogP contribution in [-0.2, 0) is 5.41 Å². The van der Waals surface area contributed by atoms with Crippen molar-refractivity contribution in [3.8, 4) is 22.3 Å². The van der Waals surface area contributed by atoms with E-state index in [0.29, 0.717) is 0 Å². The van der Waals surface area contributed by atoms with Crippen molar-refractivity contribution in [3.05, 3.63) is 247 Å². The molecule has 0 atom stereocenters. The van der Waals surface area contributed by atoms with Crippen LogP contribution >= 0.6 is 0 Å². The molecule has 11 aromatic rings. The summed E-state index contributed by atoms with van der Waals surface area (Å²) >= 11 is 0. The van der Waals surface area contributed by atoms with Crippen LogP contribution in [0.15, 0.2) is 229 Å². The number of hydrogen-bond acceptors (Lipinski definition) is 2. The van der Waals surface area contributed by atoms with Gasteiger partial charge in [0.1, 0.15) is 11.2 Å². The molecule has 276 valence electrons. The molecular weight excluding hydrogens is 715 g/mol. The van der Waals surface area contributed by atoms with Crippen LogP contribution in [0.25, 0.3) is 65.7 Å². The topological polar surface area (TPSA) is 16.4 Å². The molecule has 0 aliphatic heterocycles. The average molecular weight is 752 g/mol. The first-order chi connectivity index (χ1) is 29.3. The number of furan rings is 1. The highest BCUT2D eigenvalue weighted by atomic mass is 16.3. The quantitative estimate of drug-likeness (QED) is 0.168. The Morgan fingerprint density at radius 1 is 0.322 bits per heavy atom. The SMILES string of the molecule is c1ccc(C2(c3ccccc3)c3ccccc3-c3ccc(N(c4ccccc4-c4cccc5c4oc4c6ccccc6ccc54)c4cccc5ccccc45)cc32)cc1. The van der Waals surface area contributed by atoms with Crippen LogP contribution in [0.3, 0.4) is 0 Å². The van der Waals surface area contributed by atoms with E-state index in [2.05, 4.69) is 229 Å². The number of nitrogens with zero attached hydrogens (tertiary/aromatic N) is 1. The lowest BCUT2D eigenvalue weighted by molar-refractivity contribution is 0.674. The fraction of sp³-hybridized carbons (Fsp3) is 0.0175. The number of benzene rings is 10. The van der Waals surface area contributed by atoms with E-state index in [1.807, 2.05) is 0 Å². The molecule has 0 fully saturated rings. The van der Waals surface area contributed by atoms with E-state index in [1.165, 1.54) is 49.5 Å². The Hall–Kier alpha value is -7.68. The molecule has 0 spiro atoms. The van der Waals surface area contributed by atoms with E-state index in [0.717, 1.165) is 55.5 Å². The molecule has 0 saturated heterocycles. The van der Waals surface area contributed by atoms with Crippen molar-refractivity contribution in [3.63, 3.8) is 0 Å². The van der Waals surface area contributed by atoms with Crippen molar-refractivity contribution in [2.75, 3.05) is 4.90 Å². The molecule has 1 aliphatic rings. The molecule has 0 saturated carbocycles. The van der Waals surface area contributed by atoms with Gasteiger partial charge in [-0.15, -0.1) is 0 Å². The Balaban J connectivity index is 1.15. The van der Waals surface area contributed by atoms with Gasteiger partial charge in [-0.05, 0) is 74.5 Å². The van der Waals surface area contributed by atoms with Gasteiger partial charge in [0.2, 0.25) is 0 Å². The van der Waals surface area contributed by atoms with Gasteiger partial charge in [-0.2, -0.15) is 0 Å². The van der Waals surface area contributed by atoms with Gasteiger partial charge in [-0.1, -0.05) is 194 Å². The fourth-order valence-corrected chi connectivity index (χ4v) is 10.0. The van der Waals surface area contributed by atoms with E-state index in [1.54, 1.807) is 0 Å². The lowest BCUT2D eigenvalue weighted by atomic mass is 9.67. The summed E-state index contributed by atoms with van der Waals surface area (Å²) in [5.41, 5.74) is 14.3. The second kappa shape index (κ2) is 13.2. The molecule has 2 heteroatoms. The summed E-state index contributed by atoms with van der Waals surface area (Å²) in [6, 6.07) is 81.8. The normalized spacial score (nSPS) is 12.9. The van der Waals surface area contributed by atoms with Gasteiger partial charge in [0.05, 0.1) is 16.8 Å². The van der Waals surface area contributed by atoms with Crippen molar-refractivity contribution in [1.82, 2.24) is 0 Å². The number of rotatable bonds is 6. The van der Waals surface area contributed by atoms with Crippen LogP contribution in [-0.4, -0.2) is 0 Å². The van der Waals surface area contributed by atoms with Crippen LogP contribution in [0.4, 0.5) is 17.1 Å². The van der Waals surface area contributed by atoms with E-state index >= 15 is 0 Å². The van der Waals surface area contributed by atoms with Gasteiger partial charge in [0, 0.05) is 38.4 Å². The molecule has 1 aromatic heterocycles.